The number of carbonyl (C=O) groups is 2. The normalized spacial score (nSPS) is 32.6. The Labute approximate surface area is 225 Å². The van der Waals surface area contributed by atoms with Crippen molar-refractivity contribution in [3.05, 3.63) is 60.2 Å². The average molecular weight is 543 g/mol. The van der Waals surface area contributed by atoms with E-state index in [1.807, 2.05) is 23.2 Å². The molecule has 0 spiro atoms. The second-order valence-corrected chi connectivity index (χ2v) is 12.4. The monoisotopic (exact) mass is 542 g/mol. The Hall–Kier alpha value is -2.65. The van der Waals surface area contributed by atoms with Gasteiger partial charge in [-0.15, -0.1) is 0 Å². The highest BCUT2D eigenvalue weighted by molar-refractivity contribution is 7.81. The molecule has 1 aromatic heterocycles. The van der Waals surface area contributed by atoms with Crippen LogP contribution < -0.4 is 0 Å². The maximum Gasteiger partial charge on any atom is 0.446 e. The molecule has 2 heterocycles. The lowest BCUT2D eigenvalue weighted by molar-refractivity contribution is -0.141. The number of hydrogen-bond acceptors (Lipinski definition) is 5. The molecule has 2 N–H and O–H groups in total. The van der Waals surface area contributed by atoms with E-state index in [1.54, 1.807) is 6.08 Å². The highest BCUT2D eigenvalue weighted by Crippen LogP contribution is 2.50. The quantitative estimate of drug-likeness (QED) is 0.290. The zero-order valence-corrected chi connectivity index (χ0v) is 22.5. The van der Waals surface area contributed by atoms with E-state index in [2.05, 4.69) is 29.3 Å². The highest BCUT2D eigenvalue weighted by Gasteiger charge is 2.46. The third-order valence-electron chi connectivity index (χ3n) is 9.08. The molecule has 1 saturated heterocycles. The molecule has 1 fully saturated rings. The van der Waals surface area contributed by atoms with E-state index in [0.29, 0.717) is 37.8 Å². The van der Waals surface area contributed by atoms with Gasteiger partial charge in [-0.05, 0) is 86.8 Å². The molecule has 6 atom stereocenters. The van der Waals surface area contributed by atoms with Crippen LogP contribution in [0.25, 0.3) is 0 Å². The van der Waals surface area contributed by atoms with Gasteiger partial charge in [0, 0.05) is 49.2 Å². The zero-order valence-electron chi connectivity index (χ0n) is 21.7. The average Bonchev–Trinajstić information content (AvgIpc) is 3.47. The molecule has 8 nitrogen and oxygen atoms in total. The van der Waals surface area contributed by atoms with Gasteiger partial charge in [-0.3, -0.25) is 9.35 Å². The number of aromatic nitrogens is 1. The Morgan fingerprint density at radius 3 is 2.55 bits per heavy atom. The molecule has 206 valence electrons. The van der Waals surface area contributed by atoms with Crippen LogP contribution in [-0.4, -0.2) is 48.1 Å². The summed E-state index contributed by atoms with van der Waals surface area (Å²) >= 11 is 0. The molecular weight excluding hydrogens is 504 g/mol. The van der Waals surface area contributed by atoms with Gasteiger partial charge in [-0.1, -0.05) is 24.3 Å². The van der Waals surface area contributed by atoms with Crippen molar-refractivity contribution >= 4 is 22.6 Å². The molecule has 9 heteroatoms. The predicted octanol–water partition coefficient (Wildman–Crippen LogP) is 4.81. The smallest absolute Gasteiger partial charge is 0.367 e. The van der Waals surface area contributed by atoms with Gasteiger partial charge in [0.2, 0.25) is 5.91 Å². The van der Waals surface area contributed by atoms with Crippen molar-refractivity contribution in [2.75, 3.05) is 13.1 Å². The summed E-state index contributed by atoms with van der Waals surface area (Å²) in [6.07, 6.45) is 20.3. The van der Waals surface area contributed by atoms with Crippen LogP contribution in [0, 0.1) is 35.5 Å². The summed E-state index contributed by atoms with van der Waals surface area (Å²) in [5.41, 5.74) is 0.898. The van der Waals surface area contributed by atoms with Gasteiger partial charge in [0.15, 0.2) is 0 Å². The van der Waals surface area contributed by atoms with Gasteiger partial charge >= 0.3 is 10.4 Å². The molecule has 38 heavy (non-hydrogen) atoms. The lowest BCUT2D eigenvalue weighted by atomic mass is 9.62. The first-order valence-corrected chi connectivity index (χ1v) is 15.3. The number of hydrogen-bond donors (Lipinski definition) is 2. The minimum atomic E-state index is -4.73. The molecule has 1 amide bonds. The van der Waals surface area contributed by atoms with E-state index in [4.69, 9.17) is 4.18 Å². The van der Waals surface area contributed by atoms with Gasteiger partial charge in [0.25, 0.3) is 0 Å². The second kappa shape index (κ2) is 11.6. The van der Waals surface area contributed by atoms with Crippen LogP contribution in [0.1, 0.15) is 63.0 Å². The Kier molecular flexibility index (Phi) is 8.23. The number of allylic oxidation sites excluding steroid dienone is 6. The lowest BCUT2D eigenvalue weighted by Crippen LogP contribution is -2.47. The van der Waals surface area contributed by atoms with E-state index in [-0.39, 0.29) is 41.8 Å². The predicted molar refractivity (Wildman–Crippen MR) is 143 cm³/mol. The van der Waals surface area contributed by atoms with E-state index in [0.717, 1.165) is 37.7 Å². The minimum Gasteiger partial charge on any atom is -0.367 e. The van der Waals surface area contributed by atoms with E-state index in [9.17, 15) is 22.6 Å². The molecule has 1 aliphatic heterocycles. The third-order valence-corrected chi connectivity index (χ3v) is 9.50. The number of carbonyl (C=O) groups excluding carboxylic acids is 2. The number of piperidine rings is 1. The Morgan fingerprint density at radius 2 is 1.89 bits per heavy atom. The molecule has 5 rings (SSSR count). The summed E-state index contributed by atoms with van der Waals surface area (Å²) in [5.74, 6) is 0.497. The van der Waals surface area contributed by atoms with Gasteiger partial charge < -0.3 is 18.9 Å². The van der Waals surface area contributed by atoms with Gasteiger partial charge in [-0.2, -0.15) is 8.42 Å². The number of likely N-dealkylation sites (tertiary alicyclic amines) is 1. The SMILES string of the molecule is O=CC1CCN(C(=O)C2CC(OS(=O)(=O)O)=C[C@@H](c3ccc[nH]3)[C@H]2C2CC=C[C@@H](C3CC=CCC3)C2)CC1. The summed E-state index contributed by atoms with van der Waals surface area (Å²) in [7, 11) is -4.73. The van der Waals surface area contributed by atoms with Crippen molar-refractivity contribution in [1.29, 1.82) is 0 Å². The fraction of sp³-hybridized carbons (Fsp3) is 0.586. The Balaban J connectivity index is 1.48. The van der Waals surface area contributed by atoms with Crippen LogP contribution in [0.2, 0.25) is 0 Å². The number of amides is 1. The van der Waals surface area contributed by atoms with E-state index in [1.165, 1.54) is 6.42 Å². The van der Waals surface area contributed by atoms with Crippen molar-refractivity contribution < 1.29 is 26.7 Å². The van der Waals surface area contributed by atoms with Crippen LogP contribution in [0.15, 0.2) is 54.5 Å². The van der Waals surface area contributed by atoms with Crippen molar-refractivity contribution in [3.8, 4) is 0 Å². The van der Waals surface area contributed by atoms with Crippen LogP contribution in [0.4, 0.5) is 0 Å². The largest absolute Gasteiger partial charge is 0.446 e. The maximum atomic E-state index is 14.1. The fourth-order valence-corrected chi connectivity index (χ4v) is 7.61. The van der Waals surface area contributed by atoms with Crippen molar-refractivity contribution in [3.63, 3.8) is 0 Å². The molecule has 4 aliphatic rings. The number of nitrogens with zero attached hydrogens (tertiary/aromatic N) is 1. The summed E-state index contributed by atoms with van der Waals surface area (Å²) in [4.78, 5) is 30.5. The minimum absolute atomic E-state index is 0.0212. The molecule has 0 radical (unpaired) electrons. The maximum absolute atomic E-state index is 14.1. The molecule has 3 aliphatic carbocycles. The Morgan fingerprint density at radius 1 is 1.11 bits per heavy atom. The zero-order chi connectivity index (χ0) is 26.7. The number of nitrogens with one attached hydrogen (secondary N) is 1. The second-order valence-electron chi connectivity index (χ2n) is 11.4. The first-order valence-electron chi connectivity index (χ1n) is 13.9. The van der Waals surface area contributed by atoms with Crippen molar-refractivity contribution in [2.45, 2.75) is 57.3 Å². The van der Waals surface area contributed by atoms with E-state index >= 15 is 0 Å². The first-order chi connectivity index (χ1) is 18.3. The summed E-state index contributed by atoms with van der Waals surface area (Å²) in [6, 6.07) is 3.86. The van der Waals surface area contributed by atoms with Crippen LogP contribution in [0.5, 0.6) is 0 Å². The molecular formula is C29H38N2O6S. The van der Waals surface area contributed by atoms with E-state index < -0.39 is 16.3 Å². The fourth-order valence-electron chi connectivity index (χ4n) is 7.21. The van der Waals surface area contributed by atoms with Gasteiger partial charge in [0.1, 0.15) is 12.0 Å². The number of H-pyrrole nitrogens is 1. The first kappa shape index (κ1) is 26.9. The lowest BCUT2D eigenvalue weighted by Gasteiger charge is -2.45. The highest BCUT2D eigenvalue weighted by atomic mass is 32.3. The third kappa shape index (κ3) is 6.15. The number of aromatic amines is 1. The van der Waals surface area contributed by atoms with Crippen molar-refractivity contribution in [2.24, 2.45) is 35.5 Å². The number of rotatable bonds is 7. The molecule has 3 unspecified atom stereocenters. The molecule has 0 saturated carbocycles. The summed E-state index contributed by atoms with van der Waals surface area (Å²) in [5, 5.41) is 0. The topological polar surface area (TPSA) is 117 Å². The van der Waals surface area contributed by atoms with Gasteiger partial charge in [-0.25, -0.2) is 0 Å². The summed E-state index contributed by atoms with van der Waals surface area (Å²) < 4.78 is 37.8. The molecule has 1 aromatic rings. The summed E-state index contributed by atoms with van der Waals surface area (Å²) in [6.45, 7) is 1.02. The Bertz CT molecular complexity index is 1180. The van der Waals surface area contributed by atoms with Crippen LogP contribution in [-0.2, 0) is 24.2 Å². The van der Waals surface area contributed by atoms with Crippen molar-refractivity contribution in [1.82, 2.24) is 9.88 Å². The standard InChI is InChI=1S/C29H38N2O6S/c32-19-20-11-14-31(15-12-20)29(33)26-18-24(37-38(34,35)36)17-25(27-10-5-13-30-27)28(26)23-9-4-8-22(16-23)21-6-2-1-3-7-21/h1-2,4-5,8,10,13,17,19-23,25-26,28,30H,3,6-7,9,11-12,14-16,18H2,(H,34,35,36)/t21?,22-,23?,25+,26?,28-/m1/s1. The van der Waals surface area contributed by atoms with Gasteiger partial charge in [0.05, 0.1) is 0 Å². The van der Waals surface area contributed by atoms with Crippen LogP contribution in [0.3, 0.4) is 0 Å². The molecule has 0 aromatic carbocycles. The number of aldehydes is 1. The molecule has 0 bridgehead atoms. The van der Waals surface area contributed by atoms with Crippen LogP contribution >= 0.6 is 0 Å².